The minimum Gasteiger partial charge on any atom is -0.548 e. The molecule has 0 aliphatic carbocycles. The second kappa shape index (κ2) is 7.27. The first-order valence-corrected chi connectivity index (χ1v) is 9.41. The zero-order chi connectivity index (χ0) is 12.8. The Hall–Kier alpha value is -0.100. The molecular formula is C8H15NO4PS2-. The van der Waals surface area contributed by atoms with Crippen LogP contribution in [0.25, 0.3) is 0 Å². The Kier molecular flexibility index (Phi) is 7.22. The van der Waals surface area contributed by atoms with Gasteiger partial charge in [-0.15, -0.1) is 0 Å². The molecule has 94 valence electrons. The number of aliphatic carboxylic acids is 1. The van der Waals surface area contributed by atoms with E-state index in [0.717, 1.165) is 0 Å². The van der Waals surface area contributed by atoms with E-state index < -0.39 is 17.5 Å². The molecule has 0 bridgehead atoms. The number of rotatable bonds is 7. The van der Waals surface area contributed by atoms with Crippen molar-refractivity contribution in [3.8, 4) is 0 Å². The molecular weight excluding hydrogens is 269 g/mol. The van der Waals surface area contributed by atoms with Gasteiger partial charge in [-0.3, -0.25) is 4.79 Å². The Balaban J connectivity index is 3.99. The number of carboxylic acid groups (broad SMARTS) is 1. The number of hydrogen-bond acceptors (Lipinski definition) is 6. The van der Waals surface area contributed by atoms with Crippen molar-refractivity contribution in [2.75, 3.05) is 19.0 Å². The van der Waals surface area contributed by atoms with Crippen LogP contribution in [0.3, 0.4) is 0 Å². The summed E-state index contributed by atoms with van der Waals surface area (Å²) in [6.45, 7) is 5.48. The summed E-state index contributed by atoms with van der Waals surface area (Å²) in [6.07, 6.45) is 0. The van der Waals surface area contributed by atoms with Gasteiger partial charge in [0.15, 0.2) is 0 Å². The van der Waals surface area contributed by atoms with Crippen molar-refractivity contribution < 1.29 is 19.2 Å². The average Bonchev–Trinajstić information content (AvgIpc) is 2.14. The Labute approximate surface area is 104 Å². The van der Waals surface area contributed by atoms with E-state index in [1.165, 1.54) is 18.3 Å². The molecule has 0 saturated heterocycles. The number of nitrogens with one attached hydrogen (secondary N) is 1. The summed E-state index contributed by atoms with van der Waals surface area (Å²) in [7, 11) is 0. The first kappa shape index (κ1) is 15.9. The van der Waals surface area contributed by atoms with Crippen LogP contribution in [0.2, 0.25) is 0 Å². The van der Waals surface area contributed by atoms with Crippen LogP contribution >= 0.6 is 16.8 Å². The van der Waals surface area contributed by atoms with Gasteiger partial charge in [-0.1, -0.05) is 23.2 Å². The molecule has 0 heterocycles. The molecule has 0 unspecified atom stereocenters. The number of hydrogen-bond donors (Lipinski definition) is 1. The highest BCUT2D eigenvalue weighted by Gasteiger charge is 2.14. The van der Waals surface area contributed by atoms with E-state index in [1.54, 1.807) is 6.66 Å². The van der Waals surface area contributed by atoms with E-state index in [9.17, 15) is 14.7 Å². The zero-order valence-corrected chi connectivity index (χ0v) is 11.9. The summed E-state index contributed by atoms with van der Waals surface area (Å²) < 4.78 is 5.31. The van der Waals surface area contributed by atoms with Gasteiger partial charge in [0.25, 0.3) is 0 Å². The van der Waals surface area contributed by atoms with Gasteiger partial charge in [-0.05, 0) is 20.5 Å². The Morgan fingerprint density at radius 2 is 2.19 bits per heavy atom. The van der Waals surface area contributed by atoms with Crippen molar-refractivity contribution in [3.63, 3.8) is 0 Å². The van der Waals surface area contributed by atoms with Gasteiger partial charge >= 0.3 is 0 Å². The molecule has 1 amide bonds. The predicted octanol–water partition coefficient (Wildman–Crippen LogP) is -0.0500. The summed E-state index contributed by atoms with van der Waals surface area (Å²) >= 11 is 6.41. The first-order chi connectivity index (χ1) is 7.28. The van der Waals surface area contributed by atoms with Crippen molar-refractivity contribution in [3.05, 3.63) is 0 Å². The van der Waals surface area contributed by atoms with Crippen LogP contribution in [-0.2, 0) is 25.9 Å². The highest BCUT2D eigenvalue weighted by Crippen LogP contribution is 2.56. The minimum atomic E-state index is -1.99. The highest BCUT2D eigenvalue weighted by molar-refractivity contribution is 8.69. The molecule has 0 saturated carbocycles. The third kappa shape index (κ3) is 7.22. The molecule has 0 aromatic carbocycles. The summed E-state index contributed by atoms with van der Waals surface area (Å²) in [5.74, 6) is -1.58. The van der Waals surface area contributed by atoms with E-state index >= 15 is 0 Å². The van der Waals surface area contributed by atoms with E-state index in [2.05, 4.69) is 5.32 Å². The minimum absolute atomic E-state index is 0.103. The van der Waals surface area contributed by atoms with Crippen LogP contribution in [0.15, 0.2) is 0 Å². The fourth-order valence-electron chi connectivity index (χ4n) is 0.790. The Morgan fingerprint density at radius 3 is 2.62 bits per heavy atom. The molecule has 2 atom stereocenters. The first-order valence-electron chi connectivity index (χ1n) is 4.65. The lowest BCUT2D eigenvalue weighted by Gasteiger charge is -2.17. The van der Waals surface area contributed by atoms with Crippen LogP contribution in [-0.4, -0.2) is 36.9 Å². The molecule has 0 aliphatic rings. The Bertz CT molecular complexity index is 310. The number of amides is 1. The smallest absolute Gasteiger partial charge is 0.230 e. The van der Waals surface area contributed by atoms with Gasteiger partial charge in [0.1, 0.15) is 5.47 Å². The summed E-state index contributed by atoms with van der Waals surface area (Å²) in [5, 5.41) is 12.7. The van der Waals surface area contributed by atoms with E-state index in [0.29, 0.717) is 6.61 Å². The SMILES string of the molecule is CCO[P@@](C)(=S)SCC(=O)N[C@H](C)C(=O)[O-]. The molecule has 8 heteroatoms. The topological polar surface area (TPSA) is 78.5 Å². The van der Waals surface area contributed by atoms with Crippen LogP contribution < -0.4 is 10.4 Å². The van der Waals surface area contributed by atoms with Gasteiger partial charge in [0.05, 0.1) is 17.8 Å². The summed E-state index contributed by atoms with van der Waals surface area (Å²) in [6, 6.07) is -0.991. The highest BCUT2D eigenvalue weighted by atomic mass is 32.9. The van der Waals surface area contributed by atoms with Crippen molar-refractivity contribution in [2.45, 2.75) is 19.9 Å². The van der Waals surface area contributed by atoms with Gasteiger partial charge in [-0.25, -0.2) is 0 Å². The van der Waals surface area contributed by atoms with E-state index in [4.69, 9.17) is 16.3 Å². The largest absolute Gasteiger partial charge is 0.548 e. The molecule has 0 rings (SSSR count). The average molecular weight is 284 g/mol. The lowest BCUT2D eigenvalue weighted by Crippen LogP contribution is -2.46. The maximum Gasteiger partial charge on any atom is 0.230 e. The van der Waals surface area contributed by atoms with Gasteiger partial charge in [0, 0.05) is 6.61 Å². The van der Waals surface area contributed by atoms with Crippen molar-refractivity contribution in [2.24, 2.45) is 0 Å². The van der Waals surface area contributed by atoms with Gasteiger partial charge < -0.3 is 19.7 Å². The standard InChI is InChI=1S/C8H16NO4PS2/c1-4-13-14(3,15)16-5-7(10)9-6(2)8(11)12/h6H,4-5H2,1-3H3,(H,9,10)(H,11,12)/p-1/t6-,14+/m1/s1. The second-order valence-electron chi connectivity index (χ2n) is 3.07. The predicted molar refractivity (Wildman–Crippen MR) is 66.9 cm³/mol. The summed E-state index contributed by atoms with van der Waals surface area (Å²) in [5.41, 5.74) is -1.99. The molecule has 0 aromatic heterocycles. The van der Waals surface area contributed by atoms with Crippen LogP contribution in [0.5, 0.6) is 0 Å². The monoisotopic (exact) mass is 284 g/mol. The third-order valence-corrected chi connectivity index (χ3v) is 6.49. The zero-order valence-electron chi connectivity index (χ0n) is 9.39. The maximum absolute atomic E-state index is 11.3. The van der Waals surface area contributed by atoms with E-state index in [-0.39, 0.29) is 11.7 Å². The molecule has 1 N–H and O–H groups in total. The van der Waals surface area contributed by atoms with Crippen LogP contribution in [0, 0.1) is 0 Å². The lowest BCUT2D eigenvalue weighted by molar-refractivity contribution is -0.307. The van der Waals surface area contributed by atoms with Crippen molar-refractivity contribution in [1.82, 2.24) is 5.32 Å². The molecule has 5 nitrogen and oxygen atoms in total. The molecule has 0 radical (unpaired) electrons. The van der Waals surface area contributed by atoms with Gasteiger partial charge in [-0.2, -0.15) is 0 Å². The second-order valence-corrected chi connectivity index (χ2v) is 11.1. The fraction of sp³-hybridized carbons (Fsp3) is 0.750. The molecule has 0 aliphatic heterocycles. The number of carbonyl (C=O) groups excluding carboxylic acids is 2. The number of carboxylic acids is 1. The normalized spacial score (nSPS) is 16.2. The van der Waals surface area contributed by atoms with Crippen molar-refractivity contribution in [1.29, 1.82) is 0 Å². The number of carbonyl (C=O) groups is 2. The molecule has 0 spiro atoms. The van der Waals surface area contributed by atoms with Gasteiger partial charge in [0.2, 0.25) is 5.91 Å². The lowest BCUT2D eigenvalue weighted by atomic mass is 10.3. The molecule has 0 fully saturated rings. The maximum atomic E-state index is 11.3. The van der Waals surface area contributed by atoms with Crippen molar-refractivity contribution >= 4 is 40.5 Å². The fourth-order valence-corrected chi connectivity index (χ4v) is 4.15. The van der Waals surface area contributed by atoms with Crippen LogP contribution in [0.1, 0.15) is 13.8 Å². The molecule has 16 heavy (non-hydrogen) atoms. The van der Waals surface area contributed by atoms with E-state index in [1.807, 2.05) is 6.92 Å². The van der Waals surface area contributed by atoms with Crippen LogP contribution in [0.4, 0.5) is 0 Å². The summed E-state index contributed by atoms with van der Waals surface area (Å²) in [4.78, 5) is 21.7. The Morgan fingerprint density at radius 1 is 1.62 bits per heavy atom. The third-order valence-electron chi connectivity index (χ3n) is 1.52. The quantitative estimate of drug-likeness (QED) is 0.660. The molecule has 0 aromatic rings.